The largest absolute Gasteiger partial charge is 0.367 e. The van der Waals surface area contributed by atoms with Crippen LogP contribution in [0, 0.1) is 0 Å². The average molecular weight is 228 g/mol. The number of H-pyrrole nitrogens is 1. The summed E-state index contributed by atoms with van der Waals surface area (Å²) in [6.07, 6.45) is 5.33. The van der Waals surface area contributed by atoms with E-state index in [1.54, 1.807) is 0 Å². The van der Waals surface area contributed by atoms with E-state index in [2.05, 4.69) is 10.3 Å². The van der Waals surface area contributed by atoms with Gasteiger partial charge in [0.2, 0.25) is 0 Å². The molecule has 1 saturated heterocycles. The van der Waals surface area contributed by atoms with Crippen LogP contribution in [0.5, 0.6) is 0 Å². The van der Waals surface area contributed by atoms with Gasteiger partial charge < -0.3 is 10.3 Å². The fourth-order valence-electron chi connectivity index (χ4n) is 1.82. The second kappa shape index (κ2) is 4.37. The zero-order valence-corrected chi connectivity index (χ0v) is 9.39. The molecular formula is C10H16N2O2S. The Morgan fingerprint density at radius 2 is 2.13 bits per heavy atom. The Hall–Kier alpha value is -0.810. The monoisotopic (exact) mass is 228 g/mol. The third-order valence-electron chi connectivity index (χ3n) is 2.81. The van der Waals surface area contributed by atoms with Crippen molar-refractivity contribution in [3.05, 3.63) is 24.0 Å². The molecular weight excluding hydrogens is 212 g/mol. The van der Waals surface area contributed by atoms with Crippen molar-refractivity contribution in [3.8, 4) is 0 Å². The van der Waals surface area contributed by atoms with E-state index in [4.69, 9.17) is 0 Å². The molecule has 0 bridgehead atoms. The summed E-state index contributed by atoms with van der Waals surface area (Å²) in [7, 11) is -2.73. The first-order chi connectivity index (χ1) is 7.16. The normalized spacial score (nSPS) is 21.6. The first kappa shape index (κ1) is 10.7. The zero-order valence-electron chi connectivity index (χ0n) is 8.57. The maximum Gasteiger partial charge on any atom is 0.150 e. The molecule has 0 radical (unpaired) electrons. The molecule has 2 N–H and O–H groups in total. The fourth-order valence-corrected chi connectivity index (χ4v) is 3.32. The number of nitrogens with one attached hydrogen (secondary N) is 2. The standard InChI is InChI=1S/C10H16N2O2S/c13-15(14)5-2-10(3-6-15)12-8-9-1-4-11-7-9/h1,4,7,10-12H,2-3,5-6,8H2. The molecule has 0 aromatic carbocycles. The predicted molar refractivity (Wildman–Crippen MR) is 59.3 cm³/mol. The number of rotatable bonds is 3. The van der Waals surface area contributed by atoms with E-state index in [0.29, 0.717) is 17.5 Å². The van der Waals surface area contributed by atoms with Crippen LogP contribution in [0.25, 0.3) is 0 Å². The number of hydrogen-bond donors (Lipinski definition) is 2. The summed E-state index contributed by atoms with van der Waals surface area (Å²) in [6, 6.07) is 2.37. The van der Waals surface area contributed by atoms with E-state index in [0.717, 1.165) is 19.4 Å². The molecule has 2 rings (SSSR count). The van der Waals surface area contributed by atoms with Gasteiger partial charge in [0.05, 0.1) is 11.5 Å². The molecule has 0 saturated carbocycles. The highest BCUT2D eigenvalue weighted by Gasteiger charge is 2.22. The smallest absolute Gasteiger partial charge is 0.150 e. The molecule has 0 atom stereocenters. The Morgan fingerprint density at radius 3 is 2.73 bits per heavy atom. The van der Waals surface area contributed by atoms with Gasteiger partial charge in [-0.1, -0.05) is 0 Å². The molecule has 1 aromatic heterocycles. The van der Waals surface area contributed by atoms with Crippen LogP contribution in [-0.2, 0) is 16.4 Å². The van der Waals surface area contributed by atoms with Crippen LogP contribution < -0.4 is 5.32 Å². The molecule has 4 nitrogen and oxygen atoms in total. The minimum atomic E-state index is -2.73. The zero-order chi connectivity index (χ0) is 10.7. The number of hydrogen-bond acceptors (Lipinski definition) is 3. The Labute approximate surface area is 90.0 Å². The summed E-state index contributed by atoms with van der Waals surface area (Å²) < 4.78 is 22.4. The van der Waals surface area contributed by atoms with Gasteiger partial charge in [-0.05, 0) is 24.5 Å². The summed E-state index contributed by atoms with van der Waals surface area (Å²) in [6.45, 7) is 0.814. The van der Waals surface area contributed by atoms with Gasteiger partial charge in [0.25, 0.3) is 0 Å². The first-order valence-corrected chi connectivity index (χ1v) is 7.03. The molecule has 0 amide bonds. The lowest BCUT2D eigenvalue weighted by atomic mass is 10.1. The summed E-state index contributed by atoms with van der Waals surface area (Å²) in [4.78, 5) is 2.99. The van der Waals surface area contributed by atoms with Crippen LogP contribution in [0.2, 0.25) is 0 Å². The summed E-state index contributed by atoms with van der Waals surface area (Å²) in [5.41, 5.74) is 1.21. The average Bonchev–Trinajstić information content (AvgIpc) is 2.69. The summed E-state index contributed by atoms with van der Waals surface area (Å²) >= 11 is 0. The van der Waals surface area contributed by atoms with Crippen molar-refractivity contribution in [3.63, 3.8) is 0 Å². The van der Waals surface area contributed by atoms with Gasteiger partial charge in [0.15, 0.2) is 0 Å². The molecule has 2 heterocycles. The molecule has 0 aliphatic carbocycles. The van der Waals surface area contributed by atoms with Crippen LogP contribution in [0.4, 0.5) is 0 Å². The number of sulfone groups is 1. The van der Waals surface area contributed by atoms with Gasteiger partial charge in [-0.15, -0.1) is 0 Å². The molecule has 1 aliphatic rings. The van der Waals surface area contributed by atoms with E-state index in [1.165, 1.54) is 5.56 Å². The Balaban J connectivity index is 1.78. The van der Waals surface area contributed by atoms with E-state index in [9.17, 15) is 8.42 Å². The van der Waals surface area contributed by atoms with Crippen molar-refractivity contribution in [2.45, 2.75) is 25.4 Å². The van der Waals surface area contributed by atoms with Crippen LogP contribution in [0.1, 0.15) is 18.4 Å². The molecule has 1 aromatic rings. The van der Waals surface area contributed by atoms with Gasteiger partial charge in [0.1, 0.15) is 9.84 Å². The van der Waals surface area contributed by atoms with Crippen molar-refractivity contribution in [1.29, 1.82) is 0 Å². The quantitative estimate of drug-likeness (QED) is 0.800. The predicted octanol–water partition coefficient (Wildman–Crippen LogP) is 0.681. The highest BCUT2D eigenvalue weighted by molar-refractivity contribution is 7.91. The summed E-state index contributed by atoms with van der Waals surface area (Å²) in [5, 5.41) is 3.38. The van der Waals surface area contributed by atoms with Crippen LogP contribution in [0.3, 0.4) is 0 Å². The highest BCUT2D eigenvalue weighted by Crippen LogP contribution is 2.12. The second-order valence-corrected chi connectivity index (χ2v) is 6.33. The van der Waals surface area contributed by atoms with Crippen molar-refractivity contribution in [1.82, 2.24) is 10.3 Å². The minimum Gasteiger partial charge on any atom is -0.367 e. The van der Waals surface area contributed by atoms with Crippen molar-refractivity contribution in [2.24, 2.45) is 0 Å². The topological polar surface area (TPSA) is 62.0 Å². The van der Waals surface area contributed by atoms with Gasteiger partial charge in [-0.2, -0.15) is 0 Å². The van der Waals surface area contributed by atoms with E-state index >= 15 is 0 Å². The molecule has 0 unspecified atom stereocenters. The van der Waals surface area contributed by atoms with E-state index in [1.807, 2.05) is 18.5 Å². The van der Waals surface area contributed by atoms with E-state index in [-0.39, 0.29) is 0 Å². The van der Waals surface area contributed by atoms with Gasteiger partial charge in [0, 0.05) is 25.0 Å². The van der Waals surface area contributed by atoms with Crippen molar-refractivity contribution in [2.75, 3.05) is 11.5 Å². The number of aromatic amines is 1. The van der Waals surface area contributed by atoms with Crippen molar-refractivity contribution >= 4 is 9.84 Å². The lowest BCUT2D eigenvalue weighted by Gasteiger charge is -2.22. The third-order valence-corrected chi connectivity index (χ3v) is 4.53. The van der Waals surface area contributed by atoms with Gasteiger partial charge in [-0.3, -0.25) is 0 Å². The maximum atomic E-state index is 11.2. The summed E-state index contributed by atoms with van der Waals surface area (Å²) in [5.74, 6) is 0.662. The molecule has 15 heavy (non-hydrogen) atoms. The maximum absolute atomic E-state index is 11.2. The van der Waals surface area contributed by atoms with Crippen LogP contribution >= 0.6 is 0 Å². The van der Waals surface area contributed by atoms with E-state index < -0.39 is 9.84 Å². The lowest BCUT2D eigenvalue weighted by Crippen LogP contribution is -2.37. The Bertz CT molecular complexity index is 383. The second-order valence-electron chi connectivity index (χ2n) is 4.03. The molecule has 84 valence electrons. The lowest BCUT2D eigenvalue weighted by molar-refractivity contribution is 0.463. The fraction of sp³-hybridized carbons (Fsp3) is 0.600. The third kappa shape index (κ3) is 3.07. The Kier molecular flexibility index (Phi) is 3.11. The molecule has 1 fully saturated rings. The molecule has 1 aliphatic heterocycles. The van der Waals surface area contributed by atoms with Crippen LogP contribution in [0.15, 0.2) is 18.5 Å². The molecule has 0 spiro atoms. The highest BCUT2D eigenvalue weighted by atomic mass is 32.2. The Morgan fingerprint density at radius 1 is 1.40 bits per heavy atom. The van der Waals surface area contributed by atoms with Crippen molar-refractivity contribution < 1.29 is 8.42 Å². The van der Waals surface area contributed by atoms with Crippen LogP contribution in [-0.4, -0.2) is 30.9 Å². The number of aromatic nitrogens is 1. The molecule has 5 heteroatoms. The SMILES string of the molecule is O=S1(=O)CCC(NCc2cc[nH]c2)CC1. The van der Waals surface area contributed by atoms with Gasteiger partial charge in [-0.25, -0.2) is 8.42 Å². The minimum absolute atomic E-state index is 0.331. The first-order valence-electron chi connectivity index (χ1n) is 5.21. The van der Waals surface area contributed by atoms with Gasteiger partial charge >= 0.3 is 0 Å².